The van der Waals surface area contributed by atoms with Gasteiger partial charge in [0.15, 0.2) is 0 Å². The molecule has 2 bridgehead atoms. The van der Waals surface area contributed by atoms with Gasteiger partial charge in [-0.15, -0.1) is 0 Å². The Morgan fingerprint density at radius 3 is 2.47 bits per heavy atom. The van der Waals surface area contributed by atoms with Crippen molar-refractivity contribution in [2.75, 3.05) is 7.11 Å². The van der Waals surface area contributed by atoms with Gasteiger partial charge in [0.1, 0.15) is 11.9 Å². The molecule has 1 aliphatic carbocycles. The quantitative estimate of drug-likeness (QED) is 0.435. The van der Waals surface area contributed by atoms with Crippen LogP contribution in [0.3, 0.4) is 0 Å². The first kappa shape index (κ1) is 28.2. The van der Waals surface area contributed by atoms with Crippen LogP contribution in [0.15, 0.2) is 30.5 Å². The van der Waals surface area contributed by atoms with Gasteiger partial charge < -0.3 is 29.7 Å². The molecule has 3 N–H and O–H groups in total. The van der Waals surface area contributed by atoms with Crippen molar-refractivity contribution < 1.29 is 24.1 Å². The first-order valence-electron chi connectivity index (χ1n) is 13.4. The highest BCUT2D eigenvalue weighted by Gasteiger charge is 2.51. The fraction of sp³-hybridized carbons (Fsp3) is 0.607. The zero-order valence-electron chi connectivity index (χ0n) is 23.4. The van der Waals surface area contributed by atoms with Gasteiger partial charge in [-0.2, -0.15) is 0 Å². The number of likely N-dealkylation sites (tertiary alicyclic amines) is 1. The summed E-state index contributed by atoms with van der Waals surface area (Å²) >= 11 is 0. The summed E-state index contributed by atoms with van der Waals surface area (Å²) in [6.07, 6.45) is 4.17. The van der Waals surface area contributed by atoms with Crippen LogP contribution in [-0.2, 0) is 14.2 Å². The number of piperidine rings is 1. The maximum atomic E-state index is 13.7. The number of rotatable bonds is 9. The van der Waals surface area contributed by atoms with E-state index in [1.165, 1.54) is 7.11 Å². The number of H-pyrrole nitrogens is 1. The Labute approximate surface area is 226 Å². The van der Waals surface area contributed by atoms with E-state index in [9.17, 15) is 14.7 Å². The van der Waals surface area contributed by atoms with Crippen LogP contribution in [0.2, 0.25) is 0 Å². The number of aromatic nitrogens is 2. The van der Waals surface area contributed by atoms with E-state index in [2.05, 4.69) is 10.3 Å². The third kappa shape index (κ3) is 5.61. The molecule has 10 heteroatoms. The van der Waals surface area contributed by atoms with Crippen LogP contribution in [0.4, 0.5) is 4.79 Å². The minimum absolute atomic E-state index is 0.0816. The highest BCUT2D eigenvalue weighted by atomic mass is 16.5. The van der Waals surface area contributed by atoms with Gasteiger partial charge in [0.25, 0.3) is 0 Å². The molecule has 2 amide bonds. The van der Waals surface area contributed by atoms with Crippen molar-refractivity contribution in [2.24, 2.45) is 11.8 Å². The molecule has 2 fully saturated rings. The van der Waals surface area contributed by atoms with Crippen LogP contribution in [0, 0.1) is 11.8 Å². The number of ether oxygens (including phenoxy) is 1. The minimum Gasteiger partial charge on any atom is -0.453 e. The molecule has 38 heavy (non-hydrogen) atoms. The van der Waals surface area contributed by atoms with Gasteiger partial charge in [0.05, 0.1) is 36.2 Å². The monoisotopic (exact) mass is 523 g/mol. The molecular formula is C28H40BN4O5. The van der Waals surface area contributed by atoms with E-state index >= 15 is 0 Å². The average Bonchev–Trinajstić information content (AvgIpc) is 3.61. The molecule has 1 aromatic heterocycles. The van der Waals surface area contributed by atoms with Crippen molar-refractivity contribution in [1.29, 1.82) is 0 Å². The summed E-state index contributed by atoms with van der Waals surface area (Å²) < 4.78 is 10.6. The highest BCUT2D eigenvalue weighted by molar-refractivity contribution is 6.47. The number of carbonyl (C=O) groups is 2. The molecule has 1 aliphatic heterocycles. The summed E-state index contributed by atoms with van der Waals surface area (Å²) in [4.78, 5) is 35.7. The van der Waals surface area contributed by atoms with E-state index in [1.807, 2.05) is 63.1 Å². The van der Waals surface area contributed by atoms with Gasteiger partial charge in [-0.1, -0.05) is 43.6 Å². The number of aliphatic hydroxyl groups is 1. The number of fused-ring (bicyclic) bond motifs is 2. The predicted octanol–water partition coefficient (Wildman–Crippen LogP) is 3.32. The molecule has 1 saturated carbocycles. The van der Waals surface area contributed by atoms with Crippen molar-refractivity contribution in [3.8, 4) is 11.3 Å². The number of hydrogen-bond donors (Lipinski definition) is 3. The van der Waals surface area contributed by atoms with Crippen LogP contribution >= 0.6 is 0 Å². The maximum Gasteiger partial charge on any atom is 0.407 e. The average molecular weight is 523 g/mol. The molecule has 2 aliphatic rings. The van der Waals surface area contributed by atoms with Gasteiger partial charge in [0, 0.05) is 6.04 Å². The lowest BCUT2D eigenvalue weighted by molar-refractivity contribution is -0.139. The number of benzene rings is 1. The summed E-state index contributed by atoms with van der Waals surface area (Å²) in [5.41, 5.74) is 0.988. The molecule has 1 aromatic carbocycles. The number of amides is 2. The maximum absolute atomic E-state index is 13.7. The van der Waals surface area contributed by atoms with Crippen LogP contribution in [0.1, 0.15) is 72.7 Å². The van der Waals surface area contributed by atoms with Crippen LogP contribution in [0.5, 0.6) is 0 Å². The van der Waals surface area contributed by atoms with Gasteiger partial charge >= 0.3 is 13.6 Å². The van der Waals surface area contributed by atoms with Crippen LogP contribution < -0.4 is 10.8 Å². The lowest BCUT2D eigenvalue weighted by Gasteiger charge is -2.37. The summed E-state index contributed by atoms with van der Waals surface area (Å²) in [5.74, 6) is 0.936. The minimum atomic E-state index is -0.991. The Hall–Kier alpha value is -2.85. The van der Waals surface area contributed by atoms with Gasteiger partial charge in [-0.3, -0.25) is 4.79 Å². The number of alkyl carbamates (subject to hydrolysis) is 1. The predicted molar refractivity (Wildman–Crippen MR) is 146 cm³/mol. The number of hydrogen-bond acceptors (Lipinski definition) is 6. The van der Waals surface area contributed by atoms with E-state index < -0.39 is 23.3 Å². The molecule has 205 valence electrons. The summed E-state index contributed by atoms with van der Waals surface area (Å²) in [6, 6.07) is 7.22. The highest BCUT2D eigenvalue weighted by Crippen LogP contribution is 2.50. The van der Waals surface area contributed by atoms with E-state index in [-0.39, 0.29) is 23.9 Å². The van der Waals surface area contributed by atoms with E-state index in [0.717, 1.165) is 41.8 Å². The Kier molecular flexibility index (Phi) is 7.95. The first-order valence-corrected chi connectivity index (χ1v) is 13.4. The molecule has 0 unspecified atom stereocenters. The van der Waals surface area contributed by atoms with Gasteiger partial charge in [-0.25, -0.2) is 9.78 Å². The number of aromatic amines is 1. The van der Waals surface area contributed by atoms with Gasteiger partial charge in [-0.05, 0) is 64.4 Å². The zero-order chi connectivity index (χ0) is 27.8. The molecule has 4 atom stereocenters. The Balaban J connectivity index is 1.50. The topological polar surface area (TPSA) is 117 Å². The number of nitrogens with one attached hydrogen (secondary N) is 2. The number of nitrogens with zero attached hydrogens (tertiary/aromatic N) is 2. The molecule has 2 heterocycles. The van der Waals surface area contributed by atoms with Gasteiger partial charge in [0.2, 0.25) is 5.91 Å². The van der Waals surface area contributed by atoms with Crippen molar-refractivity contribution in [3.63, 3.8) is 0 Å². The molecule has 1 saturated heterocycles. The van der Waals surface area contributed by atoms with Crippen LogP contribution in [-0.4, -0.2) is 69.9 Å². The second-order valence-corrected chi connectivity index (χ2v) is 11.9. The second-order valence-electron chi connectivity index (χ2n) is 11.9. The van der Waals surface area contributed by atoms with Crippen molar-refractivity contribution >= 4 is 24.9 Å². The molecule has 9 nitrogen and oxygen atoms in total. The van der Waals surface area contributed by atoms with Crippen molar-refractivity contribution in [3.05, 3.63) is 36.3 Å². The van der Waals surface area contributed by atoms with E-state index in [1.54, 1.807) is 21.3 Å². The smallest absolute Gasteiger partial charge is 0.407 e. The molecular weight excluding hydrogens is 483 g/mol. The Morgan fingerprint density at radius 2 is 1.87 bits per heavy atom. The zero-order valence-corrected chi connectivity index (χ0v) is 23.4. The van der Waals surface area contributed by atoms with Crippen molar-refractivity contribution in [2.45, 2.75) is 90.1 Å². The SMILES string of the molecule is COC(=O)N[C@H](C(=O)N1[C@@H]2CC[C@@H](C2)[C@H]1c1ncc(-c2ccc([B]OC(C)(C)C(C)(C)O)cc2)[nH]1)C(C)C. The lowest BCUT2D eigenvalue weighted by Crippen LogP contribution is -2.54. The summed E-state index contributed by atoms with van der Waals surface area (Å²) in [6.45, 7) is 11.0. The molecule has 2 aromatic rings. The second kappa shape index (κ2) is 10.7. The summed E-state index contributed by atoms with van der Waals surface area (Å²) in [5, 5.41) is 13.0. The van der Waals surface area contributed by atoms with Crippen LogP contribution in [0.25, 0.3) is 11.3 Å². The Morgan fingerprint density at radius 1 is 1.18 bits per heavy atom. The normalized spacial score (nSPS) is 22.0. The standard InChI is InChI=1S/C28H40BN4O5/c1-16(2)22(32-26(35)37-7)25(34)33-20-13-10-18(14-20)23(33)24-30-15-21(31-24)17-8-11-19(12-9-17)29-38-28(5,6)27(3,4)36/h8-9,11-12,15-16,18,20,22-23,36H,10,13-14H2,1-7H3,(H,30,31)(H,32,35)/t18-,20+,22-,23-/m0/s1. The third-order valence-electron chi connectivity index (χ3n) is 8.29. The summed E-state index contributed by atoms with van der Waals surface area (Å²) in [7, 11) is 2.96. The first-order chi connectivity index (χ1) is 17.8. The number of imidazole rings is 1. The van der Waals surface area contributed by atoms with E-state index in [0.29, 0.717) is 5.92 Å². The molecule has 1 radical (unpaired) electrons. The van der Waals surface area contributed by atoms with Crippen molar-refractivity contribution in [1.82, 2.24) is 20.2 Å². The molecule has 0 spiro atoms. The lowest BCUT2D eigenvalue weighted by atomic mass is 9.82. The molecule has 4 rings (SSSR count). The largest absolute Gasteiger partial charge is 0.453 e. The van der Waals surface area contributed by atoms with E-state index in [4.69, 9.17) is 14.4 Å². The fourth-order valence-electron chi connectivity index (χ4n) is 5.25. The number of methoxy groups -OCH3 is 1. The number of carbonyl (C=O) groups excluding carboxylic acids is 2. The third-order valence-corrected chi connectivity index (χ3v) is 8.29. The Bertz CT molecular complexity index is 1140. The fourth-order valence-corrected chi connectivity index (χ4v) is 5.25.